The molecule has 6 nitrogen and oxygen atoms in total. The van der Waals surface area contributed by atoms with E-state index in [1.165, 1.54) is 26.2 Å². The molecule has 1 unspecified atom stereocenters. The molecule has 0 saturated heterocycles. The first-order valence-electron chi connectivity index (χ1n) is 9.98. The minimum atomic E-state index is -3.50. The van der Waals surface area contributed by atoms with Crippen LogP contribution in [0.1, 0.15) is 34.5 Å². The van der Waals surface area contributed by atoms with Gasteiger partial charge in [-0.15, -0.1) is 0 Å². The molecule has 1 atom stereocenters. The van der Waals surface area contributed by atoms with Crippen LogP contribution < -0.4 is 10.1 Å². The molecule has 0 saturated carbocycles. The first kappa shape index (κ1) is 23.8. The van der Waals surface area contributed by atoms with Gasteiger partial charge in [-0.2, -0.15) is 0 Å². The Morgan fingerprint density at radius 2 is 1.62 bits per heavy atom. The second-order valence-corrected chi connectivity index (χ2v) is 9.99. The predicted octanol–water partition coefficient (Wildman–Crippen LogP) is 4.66. The van der Waals surface area contributed by atoms with Crippen LogP contribution in [0.4, 0.5) is 0 Å². The maximum Gasteiger partial charge on any atom is 0.255 e. The van der Waals surface area contributed by atoms with E-state index >= 15 is 0 Å². The average molecular weight is 473 g/mol. The third kappa shape index (κ3) is 5.48. The number of benzene rings is 3. The molecular weight excluding hydrogens is 448 g/mol. The second kappa shape index (κ2) is 10.2. The Morgan fingerprint density at radius 3 is 2.28 bits per heavy atom. The normalized spacial score (nSPS) is 12.4. The number of carbonyl (C=O) groups is 1. The van der Waals surface area contributed by atoms with Gasteiger partial charge in [0.25, 0.3) is 5.91 Å². The van der Waals surface area contributed by atoms with Crippen molar-refractivity contribution >= 4 is 27.5 Å². The highest BCUT2D eigenvalue weighted by Crippen LogP contribution is 2.24. The van der Waals surface area contributed by atoms with Gasteiger partial charge >= 0.3 is 0 Å². The van der Waals surface area contributed by atoms with Gasteiger partial charge in [0.15, 0.2) is 0 Å². The summed E-state index contributed by atoms with van der Waals surface area (Å²) in [5.74, 6) is 0.154. The van der Waals surface area contributed by atoms with E-state index in [9.17, 15) is 13.2 Å². The number of amides is 1. The summed E-state index contributed by atoms with van der Waals surface area (Å²) in [7, 11) is -0.536. The predicted molar refractivity (Wildman–Crippen MR) is 125 cm³/mol. The Labute approximate surface area is 193 Å². The van der Waals surface area contributed by atoms with E-state index in [0.29, 0.717) is 16.3 Å². The van der Waals surface area contributed by atoms with Crippen LogP contribution >= 0.6 is 11.6 Å². The highest BCUT2D eigenvalue weighted by atomic mass is 35.5. The van der Waals surface area contributed by atoms with Gasteiger partial charge in [0.2, 0.25) is 10.0 Å². The van der Waals surface area contributed by atoms with Crippen molar-refractivity contribution in [1.29, 1.82) is 0 Å². The SMILES string of the molecule is CC(NC(=O)c1ccccc1OCc1ccccc1Cl)c1ccc(S(=O)(=O)N(C)C)cc1. The third-order valence-corrected chi connectivity index (χ3v) is 7.18. The van der Waals surface area contributed by atoms with Crippen molar-refractivity contribution in [2.75, 3.05) is 14.1 Å². The van der Waals surface area contributed by atoms with Crippen molar-refractivity contribution in [3.8, 4) is 5.75 Å². The number of sulfonamides is 1. The van der Waals surface area contributed by atoms with Crippen LogP contribution in [-0.2, 0) is 16.6 Å². The Kier molecular flexibility index (Phi) is 7.56. The molecule has 32 heavy (non-hydrogen) atoms. The second-order valence-electron chi connectivity index (χ2n) is 7.43. The van der Waals surface area contributed by atoms with Gasteiger partial charge in [0.1, 0.15) is 12.4 Å². The van der Waals surface area contributed by atoms with Crippen LogP contribution in [0.3, 0.4) is 0 Å². The molecule has 0 aliphatic rings. The summed E-state index contributed by atoms with van der Waals surface area (Å²) in [6.45, 7) is 2.07. The number of nitrogens with one attached hydrogen (secondary N) is 1. The fourth-order valence-electron chi connectivity index (χ4n) is 3.05. The fraction of sp³-hybridized carbons (Fsp3) is 0.208. The zero-order valence-corrected chi connectivity index (χ0v) is 19.7. The summed E-state index contributed by atoms with van der Waals surface area (Å²) in [6, 6.07) is 20.5. The summed E-state index contributed by atoms with van der Waals surface area (Å²) in [5, 5.41) is 3.54. The van der Waals surface area contributed by atoms with Crippen LogP contribution in [0.25, 0.3) is 0 Å². The van der Waals surface area contributed by atoms with Gasteiger partial charge in [0.05, 0.1) is 16.5 Å². The Balaban J connectivity index is 1.71. The van der Waals surface area contributed by atoms with Gasteiger partial charge in [-0.05, 0) is 42.8 Å². The zero-order valence-electron chi connectivity index (χ0n) is 18.1. The van der Waals surface area contributed by atoms with Crippen molar-refractivity contribution < 1.29 is 17.9 Å². The van der Waals surface area contributed by atoms with Gasteiger partial charge < -0.3 is 10.1 Å². The van der Waals surface area contributed by atoms with Crippen molar-refractivity contribution in [3.63, 3.8) is 0 Å². The topological polar surface area (TPSA) is 75.7 Å². The van der Waals surface area contributed by atoms with E-state index in [1.807, 2.05) is 25.1 Å². The van der Waals surface area contributed by atoms with Crippen LogP contribution in [0.15, 0.2) is 77.7 Å². The molecule has 1 amide bonds. The van der Waals surface area contributed by atoms with Crippen LogP contribution in [0, 0.1) is 0 Å². The quantitative estimate of drug-likeness (QED) is 0.517. The fourth-order valence-corrected chi connectivity index (χ4v) is 4.14. The van der Waals surface area contributed by atoms with Crippen molar-refractivity contribution in [2.24, 2.45) is 0 Å². The molecule has 8 heteroatoms. The van der Waals surface area contributed by atoms with E-state index in [0.717, 1.165) is 15.4 Å². The van der Waals surface area contributed by atoms with Crippen LogP contribution in [0.2, 0.25) is 5.02 Å². The standard InChI is InChI=1S/C24H25ClN2O4S/c1-17(18-12-14-20(15-13-18)32(29,30)27(2)3)26-24(28)21-9-5-7-11-23(21)31-16-19-8-4-6-10-22(19)25/h4-15,17H,16H2,1-3H3,(H,26,28). The highest BCUT2D eigenvalue weighted by Gasteiger charge is 2.19. The minimum absolute atomic E-state index is 0.197. The highest BCUT2D eigenvalue weighted by molar-refractivity contribution is 7.89. The average Bonchev–Trinajstić information content (AvgIpc) is 2.78. The molecule has 3 aromatic rings. The summed E-state index contributed by atoms with van der Waals surface area (Å²) >= 11 is 6.19. The number of halogens is 1. The Bertz CT molecular complexity index is 1190. The number of hydrogen-bond donors (Lipinski definition) is 1. The van der Waals surface area contributed by atoms with E-state index in [4.69, 9.17) is 16.3 Å². The van der Waals surface area contributed by atoms with Crippen LogP contribution in [-0.4, -0.2) is 32.7 Å². The zero-order chi connectivity index (χ0) is 23.3. The smallest absolute Gasteiger partial charge is 0.255 e. The molecule has 3 aromatic carbocycles. The molecule has 0 fully saturated rings. The Hall–Kier alpha value is -2.87. The van der Waals surface area contributed by atoms with Gasteiger partial charge in [-0.3, -0.25) is 4.79 Å². The lowest BCUT2D eigenvalue weighted by Gasteiger charge is -2.17. The molecule has 0 spiro atoms. The number of carbonyl (C=O) groups excluding carboxylic acids is 1. The largest absolute Gasteiger partial charge is 0.488 e. The lowest BCUT2D eigenvalue weighted by atomic mass is 10.1. The van der Waals surface area contributed by atoms with Crippen LogP contribution in [0.5, 0.6) is 5.75 Å². The molecule has 168 valence electrons. The number of ether oxygens (including phenoxy) is 1. The lowest BCUT2D eigenvalue weighted by Crippen LogP contribution is -2.27. The molecule has 0 aliphatic carbocycles. The van der Waals surface area contributed by atoms with E-state index < -0.39 is 10.0 Å². The van der Waals surface area contributed by atoms with E-state index in [1.54, 1.807) is 42.5 Å². The molecule has 0 aromatic heterocycles. The number of rotatable bonds is 8. The summed E-state index contributed by atoms with van der Waals surface area (Å²) in [6.07, 6.45) is 0. The lowest BCUT2D eigenvalue weighted by molar-refractivity contribution is 0.0935. The maximum atomic E-state index is 12.9. The van der Waals surface area contributed by atoms with Gasteiger partial charge in [0, 0.05) is 24.7 Å². The molecule has 0 bridgehead atoms. The Morgan fingerprint density at radius 1 is 1.00 bits per heavy atom. The number of hydrogen-bond acceptors (Lipinski definition) is 4. The minimum Gasteiger partial charge on any atom is -0.488 e. The molecular formula is C24H25ClN2O4S. The van der Waals surface area contributed by atoms with Gasteiger partial charge in [-0.25, -0.2) is 12.7 Å². The maximum absolute atomic E-state index is 12.9. The third-order valence-electron chi connectivity index (χ3n) is 4.98. The molecule has 0 aliphatic heterocycles. The first-order chi connectivity index (χ1) is 15.2. The summed E-state index contributed by atoms with van der Waals surface area (Å²) in [5.41, 5.74) is 2.01. The number of para-hydroxylation sites is 1. The van der Waals surface area contributed by atoms with Gasteiger partial charge in [-0.1, -0.05) is 54.1 Å². The molecule has 3 rings (SSSR count). The monoisotopic (exact) mass is 472 g/mol. The summed E-state index contributed by atoms with van der Waals surface area (Å²) < 4.78 is 31.5. The molecule has 0 heterocycles. The van der Waals surface area contributed by atoms with Crippen molar-refractivity contribution in [1.82, 2.24) is 9.62 Å². The van der Waals surface area contributed by atoms with E-state index in [-0.39, 0.29) is 23.5 Å². The molecule has 0 radical (unpaired) electrons. The van der Waals surface area contributed by atoms with Crippen molar-refractivity contribution in [2.45, 2.75) is 24.5 Å². The van der Waals surface area contributed by atoms with E-state index in [2.05, 4.69) is 5.32 Å². The summed E-state index contributed by atoms with van der Waals surface area (Å²) in [4.78, 5) is 13.1. The first-order valence-corrected chi connectivity index (χ1v) is 11.8. The van der Waals surface area contributed by atoms with Crippen molar-refractivity contribution in [3.05, 3.63) is 94.5 Å². The number of nitrogens with zero attached hydrogens (tertiary/aromatic N) is 1. The molecule has 1 N–H and O–H groups in total.